The molecule has 0 aliphatic carbocycles. The second-order valence-electron chi connectivity index (χ2n) is 5.99. The Morgan fingerprint density at radius 1 is 1.11 bits per heavy atom. The number of hydrazine groups is 2. The second kappa shape index (κ2) is 9.31. The van der Waals surface area contributed by atoms with Crippen LogP contribution in [0.4, 0.5) is 11.4 Å². The molecule has 27 heavy (non-hydrogen) atoms. The van der Waals surface area contributed by atoms with Crippen molar-refractivity contribution in [3.05, 3.63) is 65.1 Å². The number of ether oxygens (including phenoxy) is 1. The smallest absolute Gasteiger partial charge is 0.254 e. The summed E-state index contributed by atoms with van der Waals surface area (Å²) in [5.41, 5.74) is 18.5. The quantitative estimate of drug-likeness (QED) is 0.297. The molecule has 0 atom stereocenters. The van der Waals surface area contributed by atoms with Gasteiger partial charge in [0.15, 0.2) is 0 Å². The Hall–Kier alpha value is -2.68. The highest BCUT2D eigenvalue weighted by atomic mass is 32.1. The Morgan fingerprint density at radius 3 is 2.52 bits per heavy atom. The fraction of sp³-hybridized carbons (Fsp3) is 0.211. The Morgan fingerprint density at radius 2 is 1.85 bits per heavy atom. The van der Waals surface area contributed by atoms with Crippen molar-refractivity contribution >= 4 is 35.6 Å². The summed E-state index contributed by atoms with van der Waals surface area (Å²) in [4.78, 5) is 14.3. The summed E-state index contributed by atoms with van der Waals surface area (Å²) in [5.74, 6) is -0.0352. The highest BCUT2D eigenvalue weighted by Crippen LogP contribution is 2.20. The van der Waals surface area contributed by atoms with Crippen molar-refractivity contribution in [3.63, 3.8) is 0 Å². The highest BCUT2D eigenvalue weighted by molar-refractivity contribution is 7.83. The topological polar surface area (TPSA) is 91.7 Å². The number of carbonyl (C=O) groups excluding carboxylic acids is 1. The Kier molecular flexibility index (Phi) is 6.59. The second-order valence-corrected chi connectivity index (χ2v) is 6.25. The minimum Gasteiger partial charge on any atom is -0.397 e. The predicted octanol–water partition coefficient (Wildman–Crippen LogP) is 2.09. The molecule has 1 amide bonds. The minimum absolute atomic E-state index is 0.0352. The lowest BCUT2D eigenvalue weighted by Crippen LogP contribution is -2.40. The molecule has 7 nitrogen and oxygen atoms in total. The molecule has 2 aromatic carbocycles. The van der Waals surface area contributed by atoms with Crippen LogP contribution in [0, 0.1) is 0 Å². The zero-order valence-electron chi connectivity index (χ0n) is 14.8. The van der Waals surface area contributed by atoms with Crippen molar-refractivity contribution < 1.29 is 9.53 Å². The largest absolute Gasteiger partial charge is 0.397 e. The van der Waals surface area contributed by atoms with Crippen molar-refractivity contribution in [2.45, 2.75) is 0 Å². The van der Waals surface area contributed by atoms with Gasteiger partial charge < -0.3 is 26.2 Å². The monoisotopic (exact) mass is 385 g/mol. The van der Waals surface area contributed by atoms with Gasteiger partial charge in [0.2, 0.25) is 0 Å². The van der Waals surface area contributed by atoms with E-state index in [0.717, 1.165) is 11.3 Å². The van der Waals surface area contributed by atoms with Crippen LogP contribution in [0.2, 0.25) is 0 Å². The van der Waals surface area contributed by atoms with Crippen LogP contribution in [0.5, 0.6) is 0 Å². The number of carbonyl (C=O) groups is 1. The maximum Gasteiger partial charge on any atom is 0.254 e. The summed E-state index contributed by atoms with van der Waals surface area (Å²) in [6, 6.07) is 15.0. The molecule has 0 radical (unpaired) electrons. The molecule has 3 rings (SSSR count). The number of amides is 1. The molecule has 0 bridgehead atoms. The molecule has 8 heteroatoms. The number of hydrogen-bond acceptors (Lipinski definition) is 7. The summed E-state index contributed by atoms with van der Waals surface area (Å²) < 4.78 is 5.28. The fourth-order valence-electron chi connectivity index (χ4n) is 2.72. The molecular formula is C19H23N5O2S. The summed E-state index contributed by atoms with van der Waals surface area (Å²) in [5, 5.41) is 1.66. The number of nitrogen functional groups attached to an aromatic ring is 1. The van der Waals surface area contributed by atoms with Gasteiger partial charge in [-0.1, -0.05) is 30.3 Å². The van der Waals surface area contributed by atoms with Gasteiger partial charge in [-0.25, -0.2) is 0 Å². The summed E-state index contributed by atoms with van der Waals surface area (Å²) in [6.45, 7) is 2.34. The van der Waals surface area contributed by atoms with Gasteiger partial charge in [0.25, 0.3) is 5.91 Å². The number of thiol groups is 1. The van der Waals surface area contributed by atoms with E-state index in [1.165, 1.54) is 0 Å². The Labute approximate surface area is 163 Å². The summed E-state index contributed by atoms with van der Waals surface area (Å²) >= 11 is 4.23. The van der Waals surface area contributed by atoms with Gasteiger partial charge in [0, 0.05) is 18.7 Å². The van der Waals surface area contributed by atoms with E-state index < -0.39 is 0 Å². The number of benzene rings is 2. The first-order chi connectivity index (χ1) is 13.2. The number of hydrogen-bond donors (Lipinski definition) is 5. The van der Waals surface area contributed by atoms with Crippen molar-refractivity contribution in [2.24, 2.45) is 0 Å². The third-order valence-electron chi connectivity index (χ3n) is 4.21. The van der Waals surface area contributed by atoms with E-state index in [4.69, 9.17) is 10.5 Å². The van der Waals surface area contributed by atoms with E-state index in [0.29, 0.717) is 43.2 Å². The van der Waals surface area contributed by atoms with Crippen LogP contribution in [0.25, 0.3) is 5.70 Å². The van der Waals surface area contributed by atoms with E-state index in [1.807, 2.05) is 30.3 Å². The highest BCUT2D eigenvalue weighted by Gasteiger charge is 2.19. The van der Waals surface area contributed by atoms with Crippen LogP contribution in [-0.4, -0.2) is 37.1 Å². The zero-order valence-corrected chi connectivity index (χ0v) is 15.7. The van der Waals surface area contributed by atoms with Gasteiger partial charge in [-0.15, -0.1) is 18.2 Å². The van der Waals surface area contributed by atoms with Crippen LogP contribution in [-0.2, 0) is 4.74 Å². The van der Waals surface area contributed by atoms with Crippen LogP contribution < -0.4 is 22.1 Å². The van der Waals surface area contributed by atoms with Gasteiger partial charge >= 0.3 is 0 Å². The lowest BCUT2D eigenvalue weighted by molar-refractivity contribution is 0.0303. The fourth-order valence-corrected chi connectivity index (χ4v) is 2.93. The number of rotatable bonds is 6. The van der Waals surface area contributed by atoms with Crippen molar-refractivity contribution in [1.29, 1.82) is 0 Å². The molecule has 1 heterocycles. The Balaban J connectivity index is 1.58. The van der Waals surface area contributed by atoms with Crippen LogP contribution in [0.15, 0.2) is 53.9 Å². The van der Waals surface area contributed by atoms with Gasteiger partial charge in [-0.05, 0) is 29.2 Å². The molecule has 142 valence electrons. The maximum atomic E-state index is 12.5. The summed E-state index contributed by atoms with van der Waals surface area (Å²) in [6.07, 6.45) is 0. The molecule has 0 saturated carbocycles. The first-order valence-electron chi connectivity index (χ1n) is 8.62. The molecule has 0 spiro atoms. The first kappa shape index (κ1) is 19.1. The average Bonchev–Trinajstić information content (AvgIpc) is 2.73. The van der Waals surface area contributed by atoms with Gasteiger partial charge in [-0.3, -0.25) is 4.79 Å². The van der Waals surface area contributed by atoms with Crippen LogP contribution in [0.1, 0.15) is 15.9 Å². The lowest BCUT2D eigenvalue weighted by Gasteiger charge is -2.27. The van der Waals surface area contributed by atoms with Gasteiger partial charge in [0.05, 0.1) is 30.3 Å². The number of nitrogens with two attached hydrogens (primary N) is 1. The average molecular weight is 385 g/mol. The van der Waals surface area contributed by atoms with E-state index >= 15 is 0 Å². The normalized spacial score (nSPS) is 14.7. The van der Waals surface area contributed by atoms with Crippen molar-refractivity contribution in [2.75, 3.05) is 37.5 Å². The van der Waals surface area contributed by atoms with Crippen molar-refractivity contribution in [3.8, 4) is 0 Å². The van der Waals surface area contributed by atoms with E-state index in [1.54, 1.807) is 28.5 Å². The summed E-state index contributed by atoms with van der Waals surface area (Å²) in [7, 11) is 0. The van der Waals surface area contributed by atoms with E-state index in [2.05, 4.69) is 29.0 Å². The molecule has 1 aliphatic heterocycles. The third kappa shape index (κ3) is 4.94. The van der Waals surface area contributed by atoms with Crippen LogP contribution >= 0.6 is 12.6 Å². The molecule has 5 N–H and O–H groups in total. The molecular weight excluding hydrogens is 362 g/mol. The molecule has 1 fully saturated rings. The minimum atomic E-state index is -0.0352. The molecule has 2 aromatic rings. The molecule has 1 aliphatic rings. The SMILES string of the molecule is Nc1cc(C(=O)N2CCOCC2)ccc1NNN/C(=C\S)c1ccccc1. The molecule has 0 unspecified atom stereocenters. The molecule has 1 saturated heterocycles. The number of morpholine rings is 1. The number of anilines is 2. The van der Waals surface area contributed by atoms with Gasteiger partial charge in [-0.2, -0.15) is 0 Å². The number of nitrogens with one attached hydrogen (secondary N) is 3. The van der Waals surface area contributed by atoms with E-state index in [-0.39, 0.29) is 5.91 Å². The standard InChI is InChI=1S/C19H23N5O2S/c20-16-12-15(19(25)24-8-10-26-11-9-24)6-7-17(16)21-23-22-18(13-27)14-4-2-1-3-5-14/h1-7,12-13,21-23,27H,8-11,20H2/b18-13-. The van der Waals surface area contributed by atoms with Crippen molar-refractivity contribution in [1.82, 2.24) is 15.9 Å². The third-order valence-corrected chi connectivity index (χ3v) is 4.46. The van der Waals surface area contributed by atoms with Gasteiger partial charge in [0.1, 0.15) is 0 Å². The zero-order chi connectivity index (χ0) is 19.1. The van der Waals surface area contributed by atoms with Crippen LogP contribution in [0.3, 0.4) is 0 Å². The predicted molar refractivity (Wildman–Crippen MR) is 111 cm³/mol. The molecule has 0 aromatic heterocycles. The maximum absolute atomic E-state index is 12.5. The lowest BCUT2D eigenvalue weighted by atomic mass is 10.1. The number of nitrogens with zero attached hydrogens (tertiary/aromatic N) is 1. The Bertz CT molecular complexity index is 807. The van der Waals surface area contributed by atoms with E-state index in [9.17, 15) is 4.79 Å². The first-order valence-corrected chi connectivity index (χ1v) is 9.14.